The van der Waals surface area contributed by atoms with Crippen LogP contribution in [-0.4, -0.2) is 54.9 Å². The van der Waals surface area contributed by atoms with Crippen LogP contribution >= 0.6 is 22.9 Å². The summed E-state index contributed by atoms with van der Waals surface area (Å²) >= 11 is 7.63. The van der Waals surface area contributed by atoms with Gasteiger partial charge >= 0.3 is 0 Å². The average Bonchev–Trinajstić information content (AvgIpc) is 3.26. The number of thiophene rings is 1. The molecule has 3 N–H and O–H groups in total. The molecule has 0 spiro atoms. The van der Waals surface area contributed by atoms with Gasteiger partial charge in [-0.3, -0.25) is 14.7 Å². The number of aliphatic imine (C=N–C) groups is 1. The summed E-state index contributed by atoms with van der Waals surface area (Å²) in [4.78, 5) is 21.3. The summed E-state index contributed by atoms with van der Waals surface area (Å²) in [7, 11) is 1.76. The fourth-order valence-corrected chi connectivity index (χ4v) is 4.01. The SMILES string of the molecule is CN=C(NCc1ccc(C(N)=O)o1)N1CCN(Cc2ccc(Cl)s2)CC1. The van der Waals surface area contributed by atoms with E-state index in [2.05, 4.69) is 26.2 Å². The van der Waals surface area contributed by atoms with Crippen molar-refractivity contribution in [3.63, 3.8) is 0 Å². The number of rotatable bonds is 5. The molecule has 0 saturated carbocycles. The second kappa shape index (κ2) is 8.57. The summed E-state index contributed by atoms with van der Waals surface area (Å²) in [6.07, 6.45) is 0. The molecule has 0 radical (unpaired) electrons. The highest BCUT2D eigenvalue weighted by Gasteiger charge is 2.20. The molecular weight excluding hydrogens is 374 g/mol. The molecule has 0 atom stereocenters. The van der Waals surface area contributed by atoms with Crippen molar-refractivity contribution in [1.82, 2.24) is 15.1 Å². The Labute approximate surface area is 161 Å². The zero-order valence-electron chi connectivity index (χ0n) is 14.6. The number of primary amides is 1. The molecule has 1 saturated heterocycles. The van der Waals surface area contributed by atoms with Crippen LogP contribution in [0.3, 0.4) is 0 Å². The predicted molar refractivity (Wildman–Crippen MR) is 104 cm³/mol. The highest BCUT2D eigenvalue weighted by Crippen LogP contribution is 2.23. The maximum absolute atomic E-state index is 11.1. The number of nitrogens with one attached hydrogen (secondary N) is 1. The molecule has 140 valence electrons. The number of hydrogen-bond donors (Lipinski definition) is 2. The predicted octanol–water partition coefficient (Wildman–Crippen LogP) is 1.99. The maximum Gasteiger partial charge on any atom is 0.284 e. The molecule has 0 aromatic carbocycles. The van der Waals surface area contributed by atoms with Crippen LogP contribution in [0.25, 0.3) is 0 Å². The second-order valence-corrected chi connectivity index (χ2v) is 7.80. The van der Waals surface area contributed by atoms with Gasteiger partial charge in [0, 0.05) is 44.6 Å². The van der Waals surface area contributed by atoms with Crippen LogP contribution in [0.4, 0.5) is 0 Å². The Hall–Kier alpha value is -2.03. The lowest BCUT2D eigenvalue weighted by molar-refractivity contribution is 0.0972. The number of piperazine rings is 1. The monoisotopic (exact) mass is 395 g/mol. The van der Waals surface area contributed by atoms with Gasteiger partial charge in [0.2, 0.25) is 0 Å². The topological polar surface area (TPSA) is 87.1 Å². The molecule has 2 aromatic heterocycles. The van der Waals surface area contributed by atoms with Crippen molar-refractivity contribution in [2.45, 2.75) is 13.1 Å². The number of carbonyl (C=O) groups is 1. The van der Waals surface area contributed by atoms with Crippen molar-refractivity contribution in [2.75, 3.05) is 33.2 Å². The minimum Gasteiger partial charge on any atom is -0.454 e. The van der Waals surface area contributed by atoms with E-state index in [4.69, 9.17) is 21.8 Å². The van der Waals surface area contributed by atoms with Crippen molar-refractivity contribution < 1.29 is 9.21 Å². The van der Waals surface area contributed by atoms with Crippen LogP contribution in [0.5, 0.6) is 0 Å². The average molecular weight is 396 g/mol. The molecule has 2 aromatic rings. The molecule has 0 unspecified atom stereocenters. The van der Waals surface area contributed by atoms with Crippen molar-refractivity contribution in [3.05, 3.63) is 45.0 Å². The van der Waals surface area contributed by atoms with Gasteiger partial charge in [-0.1, -0.05) is 11.6 Å². The third kappa shape index (κ3) is 4.78. The molecule has 9 heteroatoms. The number of amides is 1. The minimum absolute atomic E-state index is 0.166. The Kier molecular flexibility index (Phi) is 6.18. The fourth-order valence-electron chi connectivity index (χ4n) is 2.88. The minimum atomic E-state index is -0.566. The van der Waals surface area contributed by atoms with E-state index in [1.165, 1.54) is 4.88 Å². The van der Waals surface area contributed by atoms with Crippen molar-refractivity contribution in [3.8, 4) is 0 Å². The summed E-state index contributed by atoms with van der Waals surface area (Å²) in [5.74, 6) is 1.07. The van der Waals surface area contributed by atoms with Crippen LogP contribution in [0.1, 0.15) is 21.2 Å². The molecule has 0 bridgehead atoms. The normalized spacial score (nSPS) is 16.1. The van der Waals surface area contributed by atoms with Gasteiger partial charge < -0.3 is 20.4 Å². The first-order valence-corrected chi connectivity index (χ1v) is 9.55. The van der Waals surface area contributed by atoms with Gasteiger partial charge in [0.1, 0.15) is 5.76 Å². The number of nitrogens with zero attached hydrogens (tertiary/aromatic N) is 3. The third-order valence-corrected chi connectivity index (χ3v) is 5.43. The Balaban J connectivity index is 1.47. The fraction of sp³-hybridized carbons (Fsp3) is 0.412. The Morgan fingerprint density at radius 1 is 1.31 bits per heavy atom. The largest absolute Gasteiger partial charge is 0.454 e. The van der Waals surface area contributed by atoms with Gasteiger partial charge in [-0.05, 0) is 24.3 Å². The number of nitrogens with two attached hydrogens (primary N) is 1. The molecular formula is C17H22ClN5O2S. The van der Waals surface area contributed by atoms with Gasteiger partial charge in [0.05, 0.1) is 10.9 Å². The smallest absolute Gasteiger partial charge is 0.284 e. The lowest BCUT2D eigenvalue weighted by Crippen LogP contribution is -2.51. The van der Waals surface area contributed by atoms with E-state index in [9.17, 15) is 4.79 Å². The zero-order chi connectivity index (χ0) is 18.5. The van der Waals surface area contributed by atoms with E-state index in [1.807, 2.05) is 6.07 Å². The van der Waals surface area contributed by atoms with Crippen LogP contribution in [0.2, 0.25) is 4.34 Å². The first-order valence-electron chi connectivity index (χ1n) is 8.36. The van der Waals surface area contributed by atoms with Crippen LogP contribution in [-0.2, 0) is 13.1 Å². The number of halogens is 1. The van der Waals surface area contributed by atoms with Gasteiger partial charge in [-0.15, -0.1) is 11.3 Å². The molecule has 1 aliphatic heterocycles. The van der Waals surface area contributed by atoms with E-state index in [0.29, 0.717) is 12.3 Å². The van der Waals surface area contributed by atoms with E-state index >= 15 is 0 Å². The Morgan fingerprint density at radius 2 is 2.08 bits per heavy atom. The lowest BCUT2D eigenvalue weighted by atomic mass is 10.3. The van der Waals surface area contributed by atoms with Crippen molar-refractivity contribution in [1.29, 1.82) is 0 Å². The first kappa shape index (κ1) is 18.8. The van der Waals surface area contributed by atoms with E-state index in [1.54, 1.807) is 30.5 Å². The summed E-state index contributed by atoms with van der Waals surface area (Å²) < 4.78 is 6.22. The third-order valence-electron chi connectivity index (χ3n) is 4.22. The van der Waals surface area contributed by atoms with Gasteiger partial charge in [-0.2, -0.15) is 0 Å². The van der Waals surface area contributed by atoms with Gasteiger partial charge in [0.15, 0.2) is 11.7 Å². The molecule has 0 aliphatic carbocycles. The summed E-state index contributed by atoms with van der Waals surface area (Å²) in [6.45, 7) is 5.09. The van der Waals surface area contributed by atoms with Gasteiger partial charge in [0.25, 0.3) is 5.91 Å². The molecule has 7 nitrogen and oxygen atoms in total. The summed E-state index contributed by atoms with van der Waals surface area (Å²) in [6, 6.07) is 7.35. The zero-order valence-corrected chi connectivity index (χ0v) is 16.1. The molecule has 1 amide bonds. The highest BCUT2D eigenvalue weighted by atomic mass is 35.5. The summed E-state index contributed by atoms with van der Waals surface area (Å²) in [5.41, 5.74) is 5.20. The number of hydrogen-bond acceptors (Lipinski definition) is 5. The Bertz CT molecular complexity index is 780. The standard InChI is InChI=1S/C17H22ClN5O2S/c1-20-17(21-10-12-2-4-14(25-12)16(19)24)23-8-6-22(7-9-23)11-13-3-5-15(18)26-13/h2-5H,6-11H2,1H3,(H2,19,24)(H,20,21). The Morgan fingerprint density at radius 3 is 2.65 bits per heavy atom. The summed E-state index contributed by atoms with van der Waals surface area (Å²) in [5, 5.41) is 3.27. The second-order valence-electron chi connectivity index (χ2n) is 6.00. The molecule has 3 rings (SSSR count). The van der Waals surface area contributed by atoms with Crippen molar-refractivity contribution >= 4 is 34.8 Å². The van der Waals surface area contributed by atoms with Crippen molar-refractivity contribution in [2.24, 2.45) is 10.7 Å². The number of furan rings is 1. The van der Waals surface area contributed by atoms with Gasteiger partial charge in [-0.25, -0.2) is 0 Å². The lowest BCUT2D eigenvalue weighted by Gasteiger charge is -2.36. The number of guanidine groups is 1. The van der Waals surface area contributed by atoms with E-state index < -0.39 is 5.91 Å². The highest BCUT2D eigenvalue weighted by molar-refractivity contribution is 7.16. The molecule has 3 heterocycles. The first-order chi connectivity index (χ1) is 12.5. The molecule has 26 heavy (non-hydrogen) atoms. The molecule has 1 aliphatic rings. The quantitative estimate of drug-likeness (QED) is 0.597. The molecule has 1 fully saturated rings. The van der Waals surface area contributed by atoms with Crippen LogP contribution < -0.4 is 11.1 Å². The number of carbonyl (C=O) groups excluding carboxylic acids is 1. The van der Waals surface area contributed by atoms with Crippen LogP contribution in [0.15, 0.2) is 33.7 Å². The maximum atomic E-state index is 11.1. The van der Waals surface area contributed by atoms with E-state index in [-0.39, 0.29) is 5.76 Å². The van der Waals surface area contributed by atoms with Crippen LogP contribution in [0, 0.1) is 0 Å². The van der Waals surface area contributed by atoms with E-state index in [0.717, 1.165) is 43.0 Å².